The molecular weight excluding hydrogens is 307 g/mol. The largest absolute Gasteiger partial charge is 0.397 e. The van der Waals surface area contributed by atoms with Crippen LogP contribution in [0.25, 0.3) is 0 Å². The molecule has 4 nitrogen and oxygen atoms in total. The molecular formula is C13H17ClF3N3O. The Labute approximate surface area is 126 Å². The van der Waals surface area contributed by atoms with Crippen LogP contribution in [0, 0.1) is 5.92 Å². The van der Waals surface area contributed by atoms with Crippen LogP contribution in [-0.2, 0) is 11.2 Å². The molecule has 0 aliphatic carbocycles. The summed E-state index contributed by atoms with van der Waals surface area (Å²) in [5, 5.41) is 0. The lowest BCUT2D eigenvalue weighted by Gasteiger charge is -2.33. The van der Waals surface area contributed by atoms with Gasteiger partial charge in [0.2, 0.25) is 5.91 Å². The van der Waals surface area contributed by atoms with Crippen LogP contribution < -0.4 is 5.73 Å². The summed E-state index contributed by atoms with van der Waals surface area (Å²) < 4.78 is 38.1. The SMILES string of the molecule is Cl.Nc1ccc(CC(=O)N2CCCC(C(F)(F)F)C2)nc1. The molecule has 1 fully saturated rings. The van der Waals surface area contributed by atoms with Gasteiger partial charge in [-0.15, -0.1) is 12.4 Å². The van der Waals surface area contributed by atoms with Gasteiger partial charge in [0.05, 0.1) is 24.2 Å². The second-order valence-corrected chi connectivity index (χ2v) is 4.98. The van der Waals surface area contributed by atoms with E-state index in [0.29, 0.717) is 24.3 Å². The monoisotopic (exact) mass is 323 g/mol. The predicted octanol–water partition coefficient (Wildman–Crippen LogP) is 2.43. The minimum atomic E-state index is -4.24. The van der Waals surface area contributed by atoms with Crippen molar-refractivity contribution in [3.8, 4) is 0 Å². The van der Waals surface area contributed by atoms with Crippen molar-refractivity contribution >= 4 is 24.0 Å². The Kier molecular flexibility index (Phi) is 5.83. The molecule has 0 spiro atoms. The van der Waals surface area contributed by atoms with Crippen molar-refractivity contribution in [3.05, 3.63) is 24.0 Å². The summed E-state index contributed by atoms with van der Waals surface area (Å²) in [6.45, 7) is 0.123. The number of anilines is 1. The number of nitrogens with two attached hydrogens (primary N) is 1. The van der Waals surface area contributed by atoms with Gasteiger partial charge in [0.1, 0.15) is 0 Å². The van der Waals surface area contributed by atoms with Crippen molar-refractivity contribution in [1.82, 2.24) is 9.88 Å². The molecule has 1 aromatic rings. The number of carbonyl (C=O) groups excluding carboxylic acids is 1. The maximum absolute atomic E-state index is 12.7. The van der Waals surface area contributed by atoms with Crippen LogP contribution >= 0.6 is 12.4 Å². The van der Waals surface area contributed by atoms with Crippen LogP contribution in [0.15, 0.2) is 18.3 Å². The summed E-state index contributed by atoms with van der Waals surface area (Å²) in [6.07, 6.45) is -2.33. The van der Waals surface area contributed by atoms with Gasteiger partial charge in [0, 0.05) is 18.8 Å². The van der Waals surface area contributed by atoms with E-state index in [4.69, 9.17) is 5.73 Å². The van der Waals surface area contributed by atoms with E-state index in [1.807, 2.05) is 0 Å². The number of amides is 1. The van der Waals surface area contributed by atoms with Gasteiger partial charge in [-0.05, 0) is 25.0 Å². The van der Waals surface area contributed by atoms with E-state index in [2.05, 4.69) is 4.98 Å². The predicted molar refractivity (Wildman–Crippen MR) is 75.0 cm³/mol. The first-order valence-corrected chi connectivity index (χ1v) is 6.41. The molecule has 0 saturated carbocycles. The number of piperidine rings is 1. The Bertz CT molecular complexity index is 479. The smallest absolute Gasteiger partial charge is 0.393 e. The summed E-state index contributed by atoms with van der Waals surface area (Å²) in [5.41, 5.74) is 6.48. The zero-order valence-electron chi connectivity index (χ0n) is 11.3. The number of alkyl halides is 3. The van der Waals surface area contributed by atoms with Crippen molar-refractivity contribution in [2.45, 2.75) is 25.4 Å². The number of likely N-dealkylation sites (tertiary alicyclic amines) is 1. The average Bonchev–Trinajstić information content (AvgIpc) is 2.40. The third-order valence-corrected chi connectivity index (χ3v) is 3.42. The first kappa shape index (κ1) is 17.6. The summed E-state index contributed by atoms with van der Waals surface area (Å²) in [6, 6.07) is 3.22. The molecule has 118 valence electrons. The molecule has 1 aliphatic heterocycles. The molecule has 2 rings (SSSR count). The topological polar surface area (TPSA) is 59.2 Å². The lowest BCUT2D eigenvalue weighted by molar-refractivity contribution is -0.187. The molecule has 2 heterocycles. The Morgan fingerprint density at radius 3 is 2.71 bits per heavy atom. The number of aromatic nitrogens is 1. The van der Waals surface area contributed by atoms with Gasteiger partial charge in [-0.25, -0.2) is 0 Å². The maximum atomic E-state index is 12.7. The number of hydrogen-bond donors (Lipinski definition) is 1. The summed E-state index contributed by atoms with van der Waals surface area (Å²) >= 11 is 0. The number of hydrogen-bond acceptors (Lipinski definition) is 3. The minimum Gasteiger partial charge on any atom is -0.397 e. The van der Waals surface area contributed by atoms with E-state index in [1.165, 1.54) is 11.1 Å². The van der Waals surface area contributed by atoms with E-state index in [-0.39, 0.29) is 37.7 Å². The van der Waals surface area contributed by atoms with Gasteiger partial charge in [-0.3, -0.25) is 9.78 Å². The van der Waals surface area contributed by atoms with Gasteiger partial charge in [0.25, 0.3) is 0 Å². The molecule has 21 heavy (non-hydrogen) atoms. The van der Waals surface area contributed by atoms with Gasteiger partial charge < -0.3 is 10.6 Å². The van der Waals surface area contributed by atoms with E-state index >= 15 is 0 Å². The quantitative estimate of drug-likeness (QED) is 0.909. The summed E-state index contributed by atoms with van der Waals surface area (Å²) in [4.78, 5) is 17.3. The standard InChI is InChI=1S/C13H16F3N3O.ClH/c14-13(15,16)9-2-1-5-19(8-9)12(20)6-11-4-3-10(17)7-18-11;/h3-4,7,9H,1-2,5-6,8,17H2;1H. The molecule has 2 N–H and O–H groups in total. The molecule has 8 heteroatoms. The van der Waals surface area contributed by atoms with Crippen LogP contribution in [0.3, 0.4) is 0 Å². The lowest BCUT2D eigenvalue weighted by Crippen LogP contribution is -2.45. The molecule has 1 amide bonds. The average molecular weight is 324 g/mol. The van der Waals surface area contributed by atoms with Crippen molar-refractivity contribution in [3.63, 3.8) is 0 Å². The third-order valence-electron chi connectivity index (χ3n) is 3.42. The van der Waals surface area contributed by atoms with E-state index < -0.39 is 12.1 Å². The van der Waals surface area contributed by atoms with Gasteiger partial charge in [-0.1, -0.05) is 0 Å². The highest BCUT2D eigenvalue weighted by atomic mass is 35.5. The molecule has 0 aromatic carbocycles. The number of nitrogens with zero attached hydrogens (tertiary/aromatic N) is 2. The molecule has 1 aromatic heterocycles. The Hall–Kier alpha value is -1.50. The van der Waals surface area contributed by atoms with Crippen molar-refractivity contribution < 1.29 is 18.0 Å². The summed E-state index contributed by atoms with van der Waals surface area (Å²) in [5.74, 6) is -1.74. The highest BCUT2D eigenvalue weighted by Crippen LogP contribution is 2.33. The highest BCUT2D eigenvalue weighted by molar-refractivity contribution is 5.85. The number of carbonyl (C=O) groups is 1. The van der Waals surface area contributed by atoms with Crippen LogP contribution in [0.1, 0.15) is 18.5 Å². The number of nitrogen functional groups attached to an aromatic ring is 1. The molecule has 0 radical (unpaired) electrons. The first-order chi connectivity index (χ1) is 9.36. The fraction of sp³-hybridized carbons (Fsp3) is 0.538. The van der Waals surface area contributed by atoms with Crippen LogP contribution in [0.2, 0.25) is 0 Å². The van der Waals surface area contributed by atoms with Crippen LogP contribution in [-0.4, -0.2) is 35.1 Å². The van der Waals surface area contributed by atoms with Crippen molar-refractivity contribution in [2.24, 2.45) is 5.92 Å². The van der Waals surface area contributed by atoms with Gasteiger partial charge in [-0.2, -0.15) is 13.2 Å². The second kappa shape index (κ2) is 6.98. The fourth-order valence-corrected chi connectivity index (χ4v) is 2.28. The minimum absolute atomic E-state index is 0. The van der Waals surface area contributed by atoms with Gasteiger partial charge >= 0.3 is 6.18 Å². The molecule has 1 aliphatic rings. The molecule has 0 bridgehead atoms. The number of halogens is 4. The van der Waals surface area contributed by atoms with Gasteiger partial charge in [0.15, 0.2) is 0 Å². The Balaban J connectivity index is 0.00000220. The maximum Gasteiger partial charge on any atom is 0.393 e. The molecule has 1 saturated heterocycles. The fourth-order valence-electron chi connectivity index (χ4n) is 2.28. The Morgan fingerprint density at radius 2 is 2.14 bits per heavy atom. The molecule has 1 unspecified atom stereocenters. The number of pyridine rings is 1. The van der Waals surface area contributed by atoms with Crippen LogP contribution in [0.4, 0.5) is 18.9 Å². The molecule has 1 atom stereocenters. The summed E-state index contributed by atoms with van der Waals surface area (Å²) in [7, 11) is 0. The normalized spacial score (nSPS) is 19.0. The Morgan fingerprint density at radius 1 is 1.43 bits per heavy atom. The van der Waals surface area contributed by atoms with Crippen molar-refractivity contribution in [1.29, 1.82) is 0 Å². The van der Waals surface area contributed by atoms with E-state index in [9.17, 15) is 18.0 Å². The third kappa shape index (κ3) is 4.77. The number of rotatable bonds is 2. The first-order valence-electron chi connectivity index (χ1n) is 6.41. The van der Waals surface area contributed by atoms with Crippen LogP contribution in [0.5, 0.6) is 0 Å². The zero-order chi connectivity index (χ0) is 14.8. The van der Waals surface area contributed by atoms with Crippen molar-refractivity contribution in [2.75, 3.05) is 18.8 Å². The lowest BCUT2D eigenvalue weighted by atomic mass is 9.97. The van der Waals surface area contributed by atoms with E-state index in [1.54, 1.807) is 12.1 Å². The second-order valence-electron chi connectivity index (χ2n) is 4.98. The zero-order valence-corrected chi connectivity index (χ0v) is 12.1. The highest BCUT2D eigenvalue weighted by Gasteiger charge is 2.42. The van der Waals surface area contributed by atoms with E-state index in [0.717, 1.165) is 0 Å².